The lowest BCUT2D eigenvalue weighted by molar-refractivity contribution is 0.976. The number of halogens is 1. The Morgan fingerprint density at radius 1 is 1.58 bits per heavy atom. The minimum absolute atomic E-state index is 0.555. The minimum atomic E-state index is 0.555. The molecule has 0 aliphatic heterocycles. The third-order valence-electron chi connectivity index (χ3n) is 1.76. The van der Waals surface area contributed by atoms with Gasteiger partial charge in [-0.15, -0.1) is 0 Å². The van der Waals surface area contributed by atoms with Crippen LogP contribution in [0, 0.1) is 18.3 Å². The van der Waals surface area contributed by atoms with E-state index < -0.39 is 0 Å². The van der Waals surface area contributed by atoms with Crippen LogP contribution in [0.2, 0.25) is 0 Å². The number of nitriles is 1. The Hall–Kier alpha value is -0.880. The van der Waals surface area contributed by atoms with Crippen molar-refractivity contribution < 1.29 is 0 Å². The lowest BCUT2D eigenvalue weighted by atomic mass is 10.1. The maximum Gasteiger partial charge on any atom is 0.0625 e. The molecule has 12 heavy (non-hydrogen) atoms. The van der Waals surface area contributed by atoms with Crippen LogP contribution in [0.4, 0.5) is 0 Å². The van der Waals surface area contributed by atoms with E-state index in [1.54, 1.807) is 6.20 Å². The molecule has 0 spiro atoms. The highest BCUT2D eigenvalue weighted by Crippen LogP contribution is 2.18. The predicted octanol–water partition coefficient (Wildman–Crippen LogP) is 2.61. The van der Waals surface area contributed by atoms with Gasteiger partial charge in [-0.2, -0.15) is 5.26 Å². The fraction of sp³-hybridized carbons (Fsp3) is 0.333. The Morgan fingerprint density at radius 2 is 2.33 bits per heavy atom. The van der Waals surface area contributed by atoms with Crippen LogP contribution >= 0.6 is 15.9 Å². The van der Waals surface area contributed by atoms with Crippen molar-refractivity contribution in [3.8, 4) is 6.07 Å². The SMILES string of the molecule is Cc1c(Br)cncc1CCC#N. The van der Waals surface area contributed by atoms with Crippen LogP contribution in [0.25, 0.3) is 0 Å². The molecule has 0 saturated carbocycles. The van der Waals surface area contributed by atoms with Crippen molar-refractivity contribution in [2.24, 2.45) is 0 Å². The molecule has 62 valence electrons. The average Bonchev–Trinajstić information content (AvgIpc) is 2.08. The zero-order chi connectivity index (χ0) is 8.97. The van der Waals surface area contributed by atoms with Gasteiger partial charge in [-0.05, 0) is 40.4 Å². The summed E-state index contributed by atoms with van der Waals surface area (Å²) in [4.78, 5) is 4.04. The van der Waals surface area contributed by atoms with E-state index >= 15 is 0 Å². The van der Waals surface area contributed by atoms with Crippen LogP contribution in [-0.4, -0.2) is 4.98 Å². The van der Waals surface area contributed by atoms with Gasteiger partial charge >= 0.3 is 0 Å². The van der Waals surface area contributed by atoms with Gasteiger partial charge in [-0.3, -0.25) is 4.98 Å². The van der Waals surface area contributed by atoms with Gasteiger partial charge < -0.3 is 0 Å². The first-order valence-electron chi connectivity index (χ1n) is 3.71. The second kappa shape index (κ2) is 4.22. The summed E-state index contributed by atoms with van der Waals surface area (Å²) in [7, 11) is 0. The average molecular weight is 225 g/mol. The Balaban J connectivity index is 2.86. The molecule has 0 radical (unpaired) electrons. The summed E-state index contributed by atoms with van der Waals surface area (Å²) in [5.41, 5.74) is 2.33. The zero-order valence-electron chi connectivity index (χ0n) is 6.84. The molecule has 1 aromatic heterocycles. The first-order valence-corrected chi connectivity index (χ1v) is 4.51. The molecule has 0 amide bonds. The molecule has 1 aromatic rings. The molecule has 1 rings (SSSR count). The Bertz CT molecular complexity index is 315. The Morgan fingerprint density at radius 3 is 3.00 bits per heavy atom. The van der Waals surface area contributed by atoms with E-state index in [1.807, 2.05) is 13.1 Å². The molecule has 2 nitrogen and oxygen atoms in total. The monoisotopic (exact) mass is 224 g/mol. The fourth-order valence-electron chi connectivity index (χ4n) is 0.982. The molecule has 3 heteroatoms. The van der Waals surface area contributed by atoms with Gasteiger partial charge in [0.15, 0.2) is 0 Å². The number of aryl methyl sites for hydroxylation is 1. The molecule has 0 aliphatic rings. The second-order valence-electron chi connectivity index (χ2n) is 2.56. The summed E-state index contributed by atoms with van der Waals surface area (Å²) >= 11 is 3.39. The van der Waals surface area contributed by atoms with Gasteiger partial charge in [0.2, 0.25) is 0 Å². The third kappa shape index (κ3) is 2.05. The molecular weight excluding hydrogens is 216 g/mol. The molecule has 0 aliphatic carbocycles. The Kier molecular flexibility index (Phi) is 3.24. The zero-order valence-corrected chi connectivity index (χ0v) is 8.43. The number of hydrogen-bond acceptors (Lipinski definition) is 2. The smallest absolute Gasteiger partial charge is 0.0625 e. The van der Waals surface area contributed by atoms with E-state index in [1.165, 1.54) is 5.56 Å². The van der Waals surface area contributed by atoms with Gasteiger partial charge in [-0.1, -0.05) is 0 Å². The fourth-order valence-corrected chi connectivity index (χ4v) is 1.36. The number of hydrogen-bond donors (Lipinski definition) is 0. The maximum absolute atomic E-state index is 8.41. The Labute approximate surface area is 80.4 Å². The number of nitrogens with zero attached hydrogens (tertiary/aromatic N) is 2. The van der Waals surface area contributed by atoms with Crippen molar-refractivity contribution in [2.75, 3.05) is 0 Å². The number of aromatic nitrogens is 1. The largest absolute Gasteiger partial charge is 0.263 e. The normalized spacial score (nSPS) is 9.42. The van der Waals surface area contributed by atoms with Crippen molar-refractivity contribution in [3.63, 3.8) is 0 Å². The van der Waals surface area contributed by atoms with Crippen molar-refractivity contribution in [1.82, 2.24) is 4.98 Å². The summed E-state index contributed by atoms with van der Waals surface area (Å²) < 4.78 is 1.01. The van der Waals surface area contributed by atoms with Gasteiger partial charge in [0.25, 0.3) is 0 Å². The lowest BCUT2D eigenvalue weighted by Crippen LogP contribution is -1.91. The topological polar surface area (TPSA) is 36.7 Å². The van der Waals surface area contributed by atoms with Crippen molar-refractivity contribution in [2.45, 2.75) is 19.8 Å². The molecule has 0 N–H and O–H groups in total. The van der Waals surface area contributed by atoms with Crippen LogP contribution in [0.5, 0.6) is 0 Å². The summed E-state index contributed by atoms with van der Waals surface area (Å²) in [6.45, 7) is 2.03. The lowest BCUT2D eigenvalue weighted by Gasteiger charge is -2.03. The van der Waals surface area contributed by atoms with Gasteiger partial charge in [-0.25, -0.2) is 0 Å². The van der Waals surface area contributed by atoms with Crippen LogP contribution in [0.15, 0.2) is 16.9 Å². The summed E-state index contributed by atoms with van der Waals surface area (Å²) in [5.74, 6) is 0. The minimum Gasteiger partial charge on any atom is -0.263 e. The third-order valence-corrected chi connectivity index (χ3v) is 2.56. The molecule has 0 fully saturated rings. The van der Waals surface area contributed by atoms with Crippen LogP contribution < -0.4 is 0 Å². The van der Waals surface area contributed by atoms with E-state index in [2.05, 4.69) is 27.0 Å². The first-order chi connectivity index (χ1) is 5.75. The van der Waals surface area contributed by atoms with Crippen molar-refractivity contribution >= 4 is 15.9 Å². The maximum atomic E-state index is 8.41. The van der Waals surface area contributed by atoms with Crippen LogP contribution in [-0.2, 0) is 6.42 Å². The highest BCUT2D eigenvalue weighted by atomic mass is 79.9. The van der Waals surface area contributed by atoms with Gasteiger partial charge in [0.05, 0.1) is 6.07 Å². The van der Waals surface area contributed by atoms with E-state index in [0.29, 0.717) is 6.42 Å². The number of pyridine rings is 1. The predicted molar refractivity (Wildman–Crippen MR) is 50.6 cm³/mol. The molecule has 0 aromatic carbocycles. The second-order valence-corrected chi connectivity index (χ2v) is 3.42. The molecule has 1 heterocycles. The quantitative estimate of drug-likeness (QED) is 0.775. The molecular formula is C9H9BrN2. The summed E-state index contributed by atoms with van der Waals surface area (Å²) in [6, 6.07) is 2.12. The molecule has 0 unspecified atom stereocenters. The van der Waals surface area contributed by atoms with Crippen LogP contribution in [0.1, 0.15) is 17.5 Å². The van der Waals surface area contributed by atoms with Crippen LogP contribution in [0.3, 0.4) is 0 Å². The van der Waals surface area contributed by atoms with E-state index in [9.17, 15) is 0 Å². The van der Waals surface area contributed by atoms with Crippen molar-refractivity contribution in [1.29, 1.82) is 5.26 Å². The van der Waals surface area contributed by atoms with Gasteiger partial charge in [0.1, 0.15) is 0 Å². The molecule has 0 bridgehead atoms. The van der Waals surface area contributed by atoms with Crippen molar-refractivity contribution in [3.05, 3.63) is 28.0 Å². The first kappa shape index (κ1) is 9.21. The highest BCUT2D eigenvalue weighted by molar-refractivity contribution is 9.10. The van der Waals surface area contributed by atoms with E-state index in [0.717, 1.165) is 16.5 Å². The standard InChI is InChI=1S/C9H9BrN2/c1-7-8(3-2-4-11)5-12-6-9(7)10/h5-6H,2-3H2,1H3. The molecule has 0 atom stereocenters. The molecule has 0 saturated heterocycles. The van der Waals surface area contributed by atoms with Gasteiger partial charge in [0, 0.05) is 23.3 Å². The number of rotatable bonds is 2. The van der Waals surface area contributed by atoms with E-state index in [-0.39, 0.29) is 0 Å². The summed E-state index contributed by atoms with van der Waals surface area (Å²) in [6.07, 6.45) is 4.93. The van der Waals surface area contributed by atoms with E-state index in [4.69, 9.17) is 5.26 Å². The summed E-state index contributed by atoms with van der Waals surface area (Å²) in [5, 5.41) is 8.41. The highest BCUT2D eigenvalue weighted by Gasteiger charge is 2.01.